The molecule has 2 saturated carbocycles. The summed E-state index contributed by atoms with van der Waals surface area (Å²) in [5, 5.41) is 3.09. The highest BCUT2D eigenvalue weighted by molar-refractivity contribution is 7.91. The van der Waals surface area contributed by atoms with Crippen LogP contribution in [0.2, 0.25) is 0 Å². The average molecular weight is 371 g/mol. The summed E-state index contributed by atoms with van der Waals surface area (Å²) in [4.78, 5) is 13.1. The van der Waals surface area contributed by atoms with Gasteiger partial charge in [0.2, 0.25) is 5.91 Å². The molecule has 5 nitrogen and oxygen atoms in total. The molecule has 5 unspecified atom stereocenters. The maximum absolute atomic E-state index is 12.7. The fourth-order valence-electron chi connectivity index (χ4n) is 4.73. The Hall–Kier alpha value is -1.11. The van der Waals surface area contributed by atoms with E-state index in [9.17, 15) is 13.2 Å². The van der Waals surface area contributed by atoms with Gasteiger partial charge >= 0.3 is 0 Å². The molecule has 7 heteroatoms. The summed E-state index contributed by atoms with van der Waals surface area (Å²) in [5.74, 6) is 0.855. The molecule has 2 fully saturated rings. The fourth-order valence-corrected chi connectivity index (χ4v) is 6.35. The summed E-state index contributed by atoms with van der Waals surface area (Å²) < 4.78 is 24.4. The van der Waals surface area contributed by atoms with Crippen LogP contribution in [0.5, 0.6) is 0 Å². The van der Waals surface area contributed by atoms with Crippen LogP contribution in [-0.4, -0.2) is 26.1 Å². The van der Waals surface area contributed by atoms with E-state index in [0.717, 1.165) is 19.3 Å². The molecule has 0 saturated heterocycles. The Kier molecular flexibility index (Phi) is 4.66. The maximum atomic E-state index is 12.7. The van der Waals surface area contributed by atoms with Gasteiger partial charge in [0.1, 0.15) is 0 Å². The Morgan fingerprint density at radius 3 is 2.54 bits per heavy atom. The van der Waals surface area contributed by atoms with Crippen molar-refractivity contribution < 1.29 is 13.2 Å². The molecule has 1 aliphatic heterocycles. The number of nitrogens with two attached hydrogens (primary N) is 1. The number of rotatable bonds is 2. The Balaban J connectivity index is 0.00000169. The molecule has 0 spiro atoms. The molecule has 4 rings (SSSR count). The average Bonchev–Trinajstić information content (AvgIpc) is 3.11. The number of sulfone groups is 1. The smallest absolute Gasteiger partial charge is 0.225 e. The minimum absolute atomic E-state index is 0. The Morgan fingerprint density at radius 2 is 1.83 bits per heavy atom. The second kappa shape index (κ2) is 6.32. The van der Waals surface area contributed by atoms with Crippen molar-refractivity contribution in [3.05, 3.63) is 29.8 Å². The second-order valence-corrected chi connectivity index (χ2v) is 9.22. The van der Waals surface area contributed by atoms with E-state index in [4.69, 9.17) is 5.73 Å². The Bertz CT molecular complexity index is 750. The third kappa shape index (κ3) is 2.74. The van der Waals surface area contributed by atoms with E-state index in [1.807, 2.05) is 6.07 Å². The first-order chi connectivity index (χ1) is 11.0. The topological polar surface area (TPSA) is 89.3 Å². The molecule has 2 aliphatic carbocycles. The largest absolute Gasteiger partial charge is 0.349 e. The summed E-state index contributed by atoms with van der Waals surface area (Å²) in [6, 6.07) is 6.71. The number of fused-ring (bicyclic) bond motifs is 3. The highest BCUT2D eigenvalue weighted by Crippen LogP contribution is 2.48. The number of hydrogen-bond acceptors (Lipinski definition) is 4. The van der Waals surface area contributed by atoms with Crippen LogP contribution in [0, 0.1) is 17.8 Å². The van der Waals surface area contributed by atoms with Crippen molar-refractivity contribution >= 4 is 28.2 Å². The van der Waals surface area contributed by atoms with Crippen molar-refractivity contribution in [3.8, 4) is 0 Å². The standard InChI is InChI=1S/C17H22N2O3S.ClH/c18-16-11-6-5-10(9-11)15(16)17(20)19-13-7-8-23(21,22)14-4-2-1-3-12(13)14;/h1-4,10-11,13,15-16H,5-9,18H2,(H,19,20);1H. The van der Waals surface area contributed by atoms with Crippen molar-refractivity contribution in [1.29, 1.82) is 0 Å². The van der Waals surface area contributed by atoms with Gasteiger partial charge in [-0.15, -0.1) is 12.4 Å². The predicted molar refractivity (Wildman–Crippen MR) is 93.5 cm³/mol. The van der Waals surface area contributed by atoms with Gasteiger partial charge in [0, 0.05) is 6.04 Å². The van der Waals surface area contributed by atoms with Crippen LogP contribution in [-0.2, 0) is 14.6 Å². The molecule has 1 aromatic carbocycles. The SMILES string of the molecule is Cl.NC1C2CCC(C2)C1C(=O)NC1CCS(=O)(=O)c2ccccc21. The predicted octanol–water partition coefficient (Wildman–Crippen LogP) is 1.82. The molecular formula is C17H23ClN2O3S. The molecule has 132 valence electrons. The highest BCUT2D eigenvalue weighted by atomic mass is 35.5. The van der Waals surface area contributed by atoms with E-state index < -0.39 is 9.84 Å². The lowest BCUT2D eigenvalue weighted by Crippen LogP contribution is -2.47. The van der Waals surface area contributed by atoms with Crippen molar-refractivity contribution in [2.75, 3.05) is 5.75 Å². The van der Waals surface area contributed by atoms with Crippen molar-refractivity contribution in [3.63, 3.8) is 0 Å². The number of hydrogen-bond donors (Lipinski definition) is 2. The number of halogens is 1. The maximum Gasteiger partial charge on any atom is 0.225 e. The zero-order chi connectivity index (χ0) is 16.2. The minimum atomic E-state index is -3.22. The second-order valence-electron chi connectivity index (χ2n) is 7.14. The molecule has 0 radical (unpaired) electrons. The van der Waals surface area contributed by atoms with E-state index in [2.05, 4.69) is 5.32 Å². The van der Waals surface area contributed by atoms with Crippen LogP contribution in [0.4, 0.5) is 0 Å². The summed E-state index contributed by atoms with van der Waals surface area (Å²) in [7, 11) is -3.22. The van der Waals surface area contributed by atoms with Gasteiger partial charge in [0.15, 0.2) is 9.84 Å². The van der Waals surface area contributed by atoms with Gasteiger partial charge in [-0.05, 0) is 49.1 Å². The first-order valence-corrected chi connectivity index (χ1v) is 10.0. The summed E-state index contributed by atoms with van der Waals surface area (Å²) >= 11 is 0. The molecule has 5 atom stereocenters. The summed E-state index contributed by atoms with van der Waals surface area (Å²) in [6.07, 6.45) is 3.72. The Morgan fingerprint density at radius 1 is 1.12 bits per heavy atom. The van der Waals surface area contributed by atoms with Crippen LogP contribution in [0.15, 0.2) is 29.2 Å². The van der Waals surface area contributed by atoms with Crippen LogP contribution in [0.25, 0.3) is 0 Å². The van der Waals surface area contributed by atoms with Crippen molar-refractivity contribution in [2.24, 2.45) is 23.5 Å². The van der Waals surface area contributed by atoms with Gasteiger partial charge in [0.25, 0.3) is 0 Å². The van der Waals surface area contributed by atoms with Gasteiger partial charge < -0.3 is 11.1 Å². The van der Waals surface area contributed by atoms with E-state index in [-0.39, 0.29) is 42.1 Å². The lowest BCUT2D eigenvalue weighted by molar-refractivity contribution is -0.127. The van der Waals surface area contributed by atoms with Gasteiger partial charge in [-0.1, -0.05) is 18.2 Å². The fraction of sp³-hybridized carbons (Fsp3) is 0.588. The number of nitrogens with one attached hydrogen (secondary N) is 1. The number of amides is 1. The first kappa shape index (κ1) is 17.7. The third-order valence-corrected chi connectivity index (χ3v) is 7.72. The number of carbonyl (C=O) groups is 1. The monoisotopic (exact) mass is 370 g/mol. The van der Waals surface area contributed by atoms with Gasteiger partial charge in [-0.25, -0.2) is 8.42 Å². The first-order valence-electron chi connectivity index (χ1n) is 8.35. The molecule has 1 amide bonds. The Labute approximate surface area is 148 Å². The van der Waals surface area contributed by atoms with Gasteiger partial charge in [0.05, 0.1) is 22.6 Å². The van der Waals surface area contributed by atoms with E-state index >= 15 is 0 Å². The molecule has 1 heterocycles. The molecule has 24 heavy (non-hydrogen) atoms. The van der Waals surface area contributed by atoms with E-state index in [1.165, 1.54) is 0 Å². The van der Waals surface area contributed by atoms with Crippen molar-refractivity contribution in [2.45, 2.75) is 42.7 Å². The minimum Gasteiger partial charge on any atom is -0.349 e. The third-order valence-electron chi connectivity index (χ3n) is 5.90. The van der Waals surface area contributed by atoms with Crippen LogP contribution >= 0.6 is 12.4 Å². The molecule has 0 aromatic heterocycles. The quantitative estimate of drug-likeness (QED) is 0.830. The van der Waals surface area contributed by atoms with E-state index in [1.54, 1.807) is 18.2 Å². The van der Waals surface area contributed by atoms with Crippen LogP contribution in [0.1, 0.15) is 37.3 Å². The van der Waals surface area contributed by atoms with Crippen LogP contribution < -0.4 is 11.1 Å². The number of carbonyl (C=O) groups excluding carboxylic acids is 1. The lowest BCUT2D eigenvalue weighted by atomic mass is 9.84. The summed E-state index contributed by atoms with van der Waals surface area (Å²) in [5.41, 5.74) is 6.96. The summed E-state index contributed by atoms with van der Waals surface area (Å²) in [6.45, 7) is 0. The van der Waals surface area contributed by atoms with Gasteiger partial charge in [-0.3, -0.25) is 4.79 Å². The van der Waals surface area contributed by atoms with Crippen LogP contribution in [0.3, 0.4) is 0 Å². The molecule has 3 N–H and O–H groups in total. The zero-order valence-electron chi connectivity index (χ0n) is 13.4. The molecule has 3 aliphatic rings. The van der Waals surface area contributed by atoms with Crippen molar-refractivity contribution in [1.82, 2.24) is 5.32 Å². The lowest BCUT2D eigenvalue weighted by Gasteiger charge is -2.31. The molecule has 2 bridgehead atoms. The highest BCUT2D eigenvalue weighted by Gasteiger charge is 2.49. The normalized spacial score (nSPS) is 35.8. The van der Waals surface area contributed by atoms with E-state index in [0.29, 0.717) is 28.7 Å². The zero-order valence-corrected chi connectivity index (χ0v) is 15.0. The molecular weight excluding hydrogens is 348 g/mol. The van der Waals surface area contributed by atoms with Gasteiger partial charge in [-0.2, -0.15) is 0 Å². The number of benzene rings is 1. The molecule has 1 aromatic rings.